The molecule has 5 rings (SSSR count). The smallest absolute Gasteiger partial charge is 0.261 e. The summed E-state index contributed by atoms with van der Waals surface area (Å²) in [6.45, 7) is 2.84. The van der Waals surface area contributed by atoms with E-state index in [4.69, 9.17) is 4.98 Å². The highest BCUT2D eigenvalue weighted by atomic mass is 32.1. The molecule has 4 aromatic heterocycles. The molecule has 0 saturated heterocycles. The summed E-state index contributed by atoms with van der Waals surface area (Å²) in [5, 5.41) is 13.1. The van der Waals surface area contributed by atoms with Crippen LogP contribution >= 0.6 is 11.3 Å². The molecule has 2 amide bonds. The third-order valence-corrected chi connectivity index (χ3v) is 6.48. The van der Waals surface area contributed by atoms with Crippen molar-refractivity contribution in [3.8, 4) is 5.82 Å². The summed E-state index contributed by atoms with van der Waals surface area (Å²) >= 11 is 1.41. The molecule has 9 heteroatoms. The average Bonchev–Trinajstić information content (AvgIpc) is 3.43. The number of nitrogens with one attached hydrogen (secondary N) is 2. The number of hydrogen-bond acceptors (Lipinski definition) is 6. The number of fused-ring (bicyclic) bond motifs is 1. The average molecular weight is 461 g/mol. The molecule has 4 aromatic rings. The lowest BCUT2D eigenvalue weighted by molar-refractivity contribution is 0.0954. The second-order valence-corrected chi connectivity index (χ2v) is 9.04. The van der Waals surface area contributed by atoms with Gasteiger partial charge in [0, 0.05) is 30.9 Å². The second-order valence-electron chi connectivity index (χ2n) is 8.10. The van der Waals surface area contributed by atoms with Crippen molar-refractivity contribution in [3.05, 3.63) is 69.8 Å². The second kappa shape index (κ2) is 9.11. The van der Waals surface area contributed by atoms with Crippen molar-refractivity contribution in [3.63, 3.8) is 0 Å². The van der Waals surface area contributed by atoms with E-state index in [9.17, 15) is 9.59 Å². The van der Waals surface area contributed by atoms with Crippen LogP contribution in [0, 0.1) is 6.92 Å². The van der Waals surface area contributed by atoms with Crippen molar-refractivity contribution >= 4 is 34.2 Å². The molecule has 2 N–H and O–H groups in total. The molecule has 8 nitrogen and oxygen atoms in total. The van der Waals surface area contributed by atoms with Gasteiger partial charge in [0.05, 0.1) is 21.5 Å². The Kier molecular flexibility index (Phi) is 5.87. The van der Waals surface area contributed by atoms with Crippen LogP contribution in [0.1, 0.15) is 56.6 Å². The number of carbonyl (C=O) groups is 2. The van der Waals surface area contributed by atoms with E-state index in [2.05, 4.69) is 20.7 Å². The summed E-state index contributed by atoms with van der Waals surface area (Å²) in [7, 11) is 0. The van der Waals surface area contributed by atoms with E-state index < -0.39 is 0 Å². The molecule has 0 unspecified atom stereocenters. The Hall–Kier alpha value is -3.59. The van der Waals surface area contributed by atoms with E-state index in [0.29, 0.717) is 47.3 Å². The molecule has 0 atom stereocenters. The molecule has 0 radical (unpaired) electrons. The van der Waals surface area contributed by atoms with Gasteiger partial charge >= 0.3 is 0 Å². The molecular weight excluding hydrogens is 436 g/mol. The fraction of sp³-hybridized carbons (Fsp3) is 0.292. The molecule has 0 bridgehead atoms. The van der Waals surface area contributed by atoms with Crippen LogP contribution in [0.15, 0.2) is 48.0 Å². The lowest BCUT2D eigenvalue weighted by Gasteiger charge is -2.10. The predicted molar refractivity (Wildman–Crippen MR) is 127 cm³/mol. The Balaban J connectivity index is 1.33. The highest BCUT2D eigenvalue weighted by Gasteiger charge is 2.29. The largest absolute Gasteiger partial charge is 0.352 e. The molecule has 0 spiro atoms. The monoisotopic (exact) mass is 460 g/mol. The van der Waals surface area contributed by atoms with E-state index >= 15 is 0 Å². The van der Waals surface area contributed by atoms with Crippen LogP contribution < -0.4 is 10.6 Å². The van der Waals surface area contributed by atoms with Gasteiger partial charge in [-0.3, -0.25) is 9.59 Å². The van der Waals surface area contributed by atoms with Crippen LogP contribution in [0.2, 0.25) is 0 Å². The van der Waals surface area contributed by atoms with Gasteiger partial charge in [0.15, 0.2) is 11.5 Å². The number of aryl methyl sites for hydroxylation is 1. The highest BCUT2D eigenvalue weighted by Crippen LogP contribution is 2.40. The van der Waals surface area contributed by atoms with Gasteiger partial charge in [-0.1, -0.05) is 12.1 Å². The first-order valence-corrected chi connectivity index (χ1v) is 11.9. The molecule has 33 heavy (non-hydrogen) atoms. The number of amides is 2. The predicted octanol–water partition coefficient (Wildman–Crippen LogP) is 3.61. The third-order valence-electron chi connectivity index (χ3n) is 5.61. The van der Waals surface area contributed by atoms with Gasteiger partial charge in [0.2, 0.25) is 0 Å². The number of thiophene rings is 1. The molecule has 4 heterocycles. The first-order valence-electron chi connectivity index (χ1n) is 11.0. The van der Waals surface area contributed by atoms with Crippen molar-refractivity contribution in [2.45, 2.75) is 32.1 Å². The Labute approximate surface area is 195 Å². The number of hydrogen-bond donors (Lipinski definition) is 2. The quantitative estimate of drug-likeness (QED) is 0.391. The minimum atomic E-state index is -0.155. The fourth-order valence-electron chi connectivity index (χ4n) is 3.80. The van der Waals surface area contributed by atoms with E-state index in [-0.39, 0.29) is 11.8 Å². The van der Waals surface area contributed by atoms with Crippen LogP contribution in [-0.4, -0.2) is 44.7 Å². The Morgan fingerprint density at radius 2 is 1.94 bits per heavy atom. The maximum absolute atomic E-state index is 13.2. The summed E-state index contributed by atoms with van der Waals surface area (Å²) in [6.07, 6.45) is 4.52. The van der Waals surface area contributed by atoms with Crippen molar-refractivity contribution in [1.29, 1.82) is 0 Å². The number of pyridine rings is 2. The van der Waals surface area contributed by atoms with Gasteiger partial charge < -0.3 is 10.6 Å². The fourth-order valence-corrected chi connectivity index (χ4v) is 4.44. The van der Waals surface area contributed by atoms with E-state index in [0.717, 1.165) is 29.6 Å². The van der Waals surface area contributed by atoms with Crippen LogP contribution in [0.3, 0.4) is 0 Å². The van der Waals surface area contributed by atoms with Crippen molar-refractivity contribution in [1.82, 2.24) is 30.4 Å². The van der Waals surface area contributed by atoms with E-state index in [1.165, 1.54) is 11.3 Å². The Bertz CT molecular complexity index is 1300. The van der Waals surface area contributed by atoms with Gasteiger partial charge in [-0.05, 0) is 55.8 Å². The molecule has 1 aliphatic rings. The standard InChI is InChI=1S/C24H24N6O2S/c1-15-21-17(23(31)26-11-5-12-27-24(32)19-6-4-13-33-19)14-18(16-8-9-16)28-22(21)30(29-15)20-7-2-3-10-25-20/h2-4,6-7,10,13-14,16H,5,8-9,11-12H2,1H3,(H,26,31)(H,27,32). The minimum Gasteiger partial charge on any atom is -0.352 e. The van der Waals surface area contributed by atoms with Crippen molar-refractivity contribution in [2.24, 2.45) is 0 Å². The van der Waals surface area contributed by atoms with Gasteiger partial charge in [0.1, 0.15) is 0 Å². The summed E-state index contributed by atoms with van der Waals surface area (Å²) < 4.78 is 1.72. The zero-order valence-corrected chi connectivity index (χ0v) is 19.1. The molecular formula is C24H24N6O2S. The normalized spacial score (nSPS) is 13.2. The van der Waals surface area contributed by atoms with Gasteiger partial charge in [0.25, 0.3) is 11.8 Å². The molecule has 0 aromatic carbocycles. The molecule has 168 valence electrons. The molecule has 1 saturated carbocycles. The first kappa shape index (κ1) is 21.3. The van der Waals surface area contributed by atoms with Gasteiger partial charge in [-0.15, -0.1) is 11.3 Å². The maximum atomic E-state index is 13.2. The maximum Gasteiger partial charge on any atom is 0.261 e. The Morgan fingerprint density at radius 1 is 1.12 bits per heavy atom. The van der Waals surface area contributed by atoms with Crippen LogP contribution in [-0.2, 0) is 0 Å². The number of nitrogens with zero attached hydrogens (tertiary/aromatic N) is 4. The summed E-state index contributed by atoms with van der Waals surface area (Å²) in [5.41, 5.74) is 2.90. The zero-order valence-electron chi connectivity index (χ0n) is 18.2. The van der Waals surface area contributed by atoms with Crippen molar-refractivity contribution in [2.75, 3.05) is 13.1 Å². The lowest BCUT2D eigenvalue weighted by atomic mass is 10.1. The molecule has 0 aliphatic heterocycles. The zero-order chi connectivity index (χ0) is 22.8. The number of aromatic nitrogens is 4. The third kappa shape index (κ3) is 4.49. The summed E-state index contributed by atoms with van der Waals surface area (Å²) in [5.74, 6) is 0.820. The molecule has 1 aliphatic carbocycles. The highest BCUT2D eigenvalue weighted by molar-refractivity contribution is 7.12. The van der Waals surface area contributed by atoms with E-state index in [1.807, 2.05) is 42.6 Å². The topological polar surface area (TPSA) is 102 Å². The first-order chi connectivity index (χ1) is 16.1. The van der Waals surface area contributed by atoms with Crippen LogP contribution in [0.4, 0.5) is 0 Å². The SMILES string of the molecule is Cc1nn(-c2ccccn2)c2nc(C3CC3)cc(C(=O)NCCCNC(=O)c3cccs3)c12. The summed E-state index contributed by atoms with van der Waals surface area (Å²) in [6, 6.07) is 11.2. The van der Waals surface area contributed by atoms with E-state index in [1.54, 1.807) is 16.9 Å². The molecule has 1 fully saturated rings. The minimum absolute atomic E-state index is 0.0844. The van der Waals surface area contributed by atoms with Crippen LogP contribution in [0.25, 0.3) is 16.9 Å². The van der Waals surface area contributed by atoms with Crippen molar-refractivity contribution < 1.29 is 9.59 Å². The number of rotatable bonds is 8. The summed E-state index contributed by atoms with van der Waals surface area (Å²) in [4.78, 5) is 35.1. The number of carbonyl (C=O) groups excluding carboxylic acids is 2. The Morgan fingerprint density at radius 3 is 2.64 bits per heavy atom. The van der Waals surface area contributed by atoms with Gasteiger partial charge in [-0.2, -0.15) is 9.78 Å². The van der Waals surface area contributed by atoms with Crippen LogP contribution in [0.5, 0.6) is 0 Å². The van der Waals surface area contributed by atoms with Gasteiger partial charge in [-0.25, -0.2) is 9.97 Å². The lowest BCUT2D eigenvalue weighted by Crippen LogP contribution is -2.29.